The Kier molecular flexibility index (Phi) is 5.96. The van der Waals surface area contributed by atoms with Crippen LogP contribution >= 0.6 is 0 Å². The smallest absolute Gasteiger partial charge is 0.230 e. The highest BCUT2D eigenvalue weighted by molar-refractivity contribution is 5.38. The van der Waals surface area contributed by atoms with E-state index < -0.39 is 0 Å². The second-order valence-corrected chi connectivity index (χ2v) is 8.70. The normalized spacial score (nSPS) is 18.8. The van der Waals surface area contributed by atoms with Gasteiger partial charge in [-0.2, -0.15) is 15.0 Å². The van der Waals surface area contributed by atoms with Gasteiger partial charge in [0.15, 0.2) is 0 Å². The molecule has 0 saturated carbocycles. The average Bonchev–Trinajstić information content (AvgIpc) is 2.75. The lowest BCUT2D eigenvalue weighted by atomic mass is 9.79. The van der Waals surface area contributed by atoms with Crippen LogP contribution in [0, 0.1) is 0 Å². The molecule has 2 fully saturated rings. The maximum absolute atomic E-state index is 6.08. The Balaban J connectivity index is 1.60. The molecule has 0 spiro atoms. The van der Waals surface area contributed by atoms with Crippen molar-refractivity contribution in [3.05, 3.63) is 41.2 Å². The summed E-state index contributed by atoms with van der Waals surface area (Å²) in [5.41, 5.74) is 8.68. The van der Waals surface area contributed by atoms with Crippen LogP contribution in [0.2, 0.25) is 0 Å². The highest BCUT2D eigenvalue weighted by atomic mass is 16.5. The molecule has 2 aliphatic rings. The molecular formula is C22H32N6O. The minimum absolute atomic E-state index is 0.249. The van der Waals surface area contributed by atoms with Gasteiger partial charge in [0.1, 0.15) is 5.82 Å². The molecule has 0 radical (unpaired) electrons. The van der Waals surface area contributed by atoms with Crippen molar-refractivity contribution in [3.63, 3.8) is 0 Å². The Bertz CT molecular complexity index is 828. The molecule has 7 heteroatoms. The first-order valence-electron chi connectivity index (χ1n) is 10.7. The van der Waals surface area contributed by atoms with E-state index in [0.29, 0.717) is 25.1 Å². The summed E-state index contributed by atoms with van der Waals surface area (Å²) in [5, 5.41) is 3.47. The van der Waals surface area contributed by atoms with Gasteiger partial charge in [-0.3, -0.25) is 0 Å². The van der Waals surface area contributed by atoms with E-state index in [2.05, 4.69) is 58.3 Å². The van der Waals surface area contributed by atoms with Crippen LogP contribution < -0.4 is 16.0 Å². The summed E-state index contributed by atoms with van der Waals surface area (Å²) < 4.78 is 5.45. The molecule has 3 heterocycles. The van der Waals surface area contributed by atoms with E-state index in [0.717, 1.165) is 38.4 Å². The summed E-state index contributed by atoms with van der Waals surface area (Å²) in [6.45, 7) is 9.52. The summed E-state index contributed by atoms with van der Waals surface area (Å²) in [5.74, 6) is 2.33. The largest absolute Gasteiger partial charge is 0.378 e. The van der Waals surface area contributed by atoms with Crippen LogP contribution in [0.5, 0.6) is 0 Å². The molecule has 0 unspecified atom stereocenters. The molecule has 0 bridgehead atoms. The molecule has 0 atom stereocenters. The molecule has 2 saturated heterocycles. The van der Waals surface area contributed by atoms with Crippen molar-refractivity contribution in [3.8, 4) is 0 Å². The van der Waals surface area contributed by atoms with Crippen LogP contribution in [-0.2, 0) is 16.6 Å². The number of hydrogen-bond acceptors (Lipinski definition) is 7. The number of nitrogens with one attached hydrogen (secondary N) is 1. The standard InChI is InChI=1S/C22H32N6O/c1-22(2,15-17-5-3-4-6-18(17)16-7-9-24-10-8-16)19-25-20(23)27-21(26-19)28-11-13-29-14-12-28/h3-6,16,24H,7-15H2,1-2H3,(H2,23,25,26,27). The molecule has 3 N–H and O–H groups in total. The van der Waals surface area contributed by atoms with Gasteiger partial charge in [0, 0.05) is 18.5 Å². The first kappa shape index (κ1) is 20.0. The summed E-state index contributed by atoms with van der Waals surface area (Å²) in [6.07, 6.45) is 3.26. The molecule has 2 aromatic rings. The number of ether oxygens (including phenoxy) is 1. The summed E-state index contributed by atoms with van der Waals surface area (Å²) >= 11 is 0. The van der Waals surface area contributed by atoms with E-state index in [4.69, 9.17) is 15.5 Å². The van der Waals surface area contributed by atoms with Crippen LogP contribution in [-0.4, -0.2) is 54.3 Å². The van der Waals surface area contributed by atoms with Crippen molar-refractivity contribution in [2.75, 3.05) is 50.0 Å². The number of aromatic nitrogens is 3. The van der Waals surface area contributed by atoms with Crippen molar-refractivity contribution in [1.29, 1.82) is 0 Å². The number of morpholine rings is 1. The molecule has 7 nitrogen and oxygen atoms in total. The van der Waals surface area contributed by atoms with E-state index >= 15 is 0 Å². The molecule has 0 aliphatic carbocycles. The predicted octanol–water partition coefficient (Wildman–Crippen LogP) is 2.28. The lowest BCUT2D eigenvalue weighted by Gasteiger charge is -2.30. The highest BCUT2D eigenvalue weighted by Crippen LogP contribution is 2.33. The minimum Gasteiger partial charge on any atom is -0.378 e. The number of piperidine rings is 1. The fourth-order valence-corrected chi connectivity index (χ4v) is 4.37. The fourth-order valence-electron chi connectivity index (χ4n) is 4.37. The maximum Gasteiger partial charge on any atom is 0.230 e. The molecule has 2 aliphatic heterocycles. The van der Waals surface area contributed by atoms with E-state index in [1.54, 1.807) is 0 Å². The van der Waals surface area contributed by atoms with E-state index in [9.17, 15) is 0 Å². The van der Waals surface area contributed by atoms with Gasteiger partial charge in [0.2, 0.25) is 11.9 Å². The second-order valence-electron chi connectivity index (χ2n) is 8.70. The minimum atomic E-state index is -0.249. The van der Waals surface area contributed by atoms with Gasteiger partial charge in [-0.25, -0.2) is 0 Å². The second kappa shape index (κ2) is 8.63. The quantitative estimate of drug-likeness (QED) is 0.801. The first-order valence-corrected chi connectivity index (χ1v) is 10.7. The SMILES string of the molecule is CC(C)(Cc1ccccc1C1CCNCC1)c1nc(N)nc(N2CCOCC2)n1. The molecule has 156 valence electrons. The zero-order chi connectivity index (χ0) is 20.3. The summed E-state index contributed by atoms with van der Waals surface area (Å²) in [4.78, 5) is 15.9. The van der Waals surface area contributed by atoms with Crippen LogP contribution in [0.3, 0.4) is 0 Å². The van der Waals surface area contributed by atoms with Gasteiger partial charge in [0.05, 0.1) is 13.2 Å². The zero-order valence-electron chi connectivity index (χ0n) is 17.5. The molecule has 1 aromatic carbocycles. The number of hydrogen-bond donors (Lipinski definition) is 2. The molecule has 1 aromatic heterocycles. The van der Waals surface area contributed by atoms with Gasteiger partial charge < -0.3 is 20.7 Å². The number of benzene rings is 1. The Hall–Kier alpha value is -2.25. The number of anilines is 2. The fraction of sp³-hybridized carbons (Fsp3) is 0.591. The number of nitrogens with zero attached hydrogens (tertiary/aromatic N) is 4. The number of rotatable bonds is 5. The predicted molar refractivity (Wildman–Crippen MR) is 115 cm³/mol. The van der Waals surface area contributed by atoms with E-state index in [1.165, 1.54) is 24.0 Å². The van der Waals surface area contributed by atoms with Crippen molar-refractivity contribution in [1.82, 2.24) is 20.3 Å². The van der Waals surface area contributed by atoms with Gasteiger partial charge in [0.25, 0.3) is 0 Å². The molecule has 4 rings (SSSR count). The molecular weight excluding hydrogens is 364 g/mol. The zero-order valence-corrected chi connectivity index (χ0v) is 17.5. The Labute approximate surface area is 173 Å². The third-order valence-electron chi connectivity index (χ3n) is 6.01. The highest BCUT2D eigenvalue weighted by Gasteiger charge is 2.29. The molecule has 29 heavy (non-hydrogen) atoms. The van der Waals surface area contributed by atoms with E-state index in [-0.39, 0.29) is 11.4 Å². The number of nitrogen functional groups attached to an aromatic ring is 1. The maximum atomic E-state index is 6.08. The Morgan fingerprint density at radius 1 is 1.10 bits per heavy atom. The van der Waals surface area contributed by atoms with Crippen molar-refractivity contribution in [2.45, 2.75) is 44.4 Å². The van der Waals surface area contributed by atoms with Gasteiger partial charge >= 0.3 is 0 Å². The van der Waals surface area contributed by atoms with Crippen molar-refractivity contribution in [2.24, 2.45) is 0 Å². The lowest BCUT2D eigenvalue weighted by molar-refractivity contribution is 0.122. The monoisotopic (exact) mass is 396 g/mol. The third-order valence-corrected chi connectivity index (χ3v) is 6.01. The first-order chi connectivity index (χ1) is 14.0. The van der Waals surface area contributed by atoms with Gasteiger partial charge in [-0.1, -0.05) is 38.1 Å². The third kappa shape index (κ3) is 4.67. The van der Waals surface area contributed by atoms with Crippen LogP contribution in [0.25, 0.3) is 0 Å². The Morgan fingerprint density at radius 3 is 2.59 bits per heavy atom. The van der Waals surface area contributed by atoms with Crippen LogP contribution in [0.1, 0.15) is 49.6 Å². The van der Waals surface area contributed by atoms with Crippen LogP contribution in [0.4, 0.5) is 11.9 Å². The average molecular weight is 397 g/mol. The Morgan fingerprint density at radius 2 is 1.83 bits per heavy atom. The van der Waals surface area contributed by atoms with Crippen molar-refractivity contribution >= 4 is 11.9 Å². The van der Waals surface area contributed by atoms with Gasteiger partial charge in [-0.05, 0) is 49.4 Å². The topological polar surface area (TPSA) is 89.2 Å². The summed E-state index contributed by atoms with van der Waals surface area (Å²) in [6, 6.07) is 8.84. The molecule has 0 amide bonds. The summed E-state index contributed by atoms with van der Waals surface area (Å²) in [7, 11) is 0. The van der Waals surface area contributed by atoms with Crippen molar-refractivity contribution < 1.29 is 4.74 Å². The lowest BCUT2D eigenvalue weighted by Crippen LogP contribution is -2.38. The van der Waals surface area contributed by atoms with Gasteiger partial charge in [-0.15, -0.1) is 0 Å². The van der Waals surface area contributed by atoms with Crippen LogP contribution in [0.15, 0.2) is 24.3 Å². The number of nitrogens with two attached hydrogens (primary N) is 1. The van der Waals surface area contributed by atoms with E-state index in [1.807, 2.05) is 0 Å².